The van der Waals surface area contributed by atoms with E-state index in [1.807, 2.05) is 0 Å². The average Bonchev–Trinajstić information content (AvgIpc) is 2.53. The number of benzene rings is 1. The van der Waals surface area contributed by atoms with Gasteiger partial charge in [0.05, 0.1) is 19.2 Å². The van der Waals surface area contributed by atoms with E-state index in [1.54, 1.807) is 49.7 Å². The van der Waals surface area contributed by atoms with Crippen LogP contribution in [0, 0.1) is 0 Å². The number of pyridine rings is 1. The van der Waals surface area contributed by atoms with Crippen molar-refractivity contribution in [3.05, 3.63) is 59.9 Å². The summed E-state index contributed by atoms with van der Waals surface area (Å²) in [5, 5.41) is 11.8. The van der Waals surface area contributed by atoms with Crippen LogP contribution < -0.4 is 4.74 Å². The largest absolute Gasteiger partial charge is 0.497 e. The Morgan fingerprint density at radius 1 is 1.35 bits per heavy atom. The van der Waals surface area contributed by atoms with Crippen LogP contribution in [0.15, 0.2) is 53.9 Å². The smallest absolute Gasteiger partial charge is 0.177 e. The van der Waals surface area contributed by atoms with Crippen molar-refractivity contribution in [3.8, 4) is 5.75 Å². The summed E-state index contributed by atoms with van der Waals surface area (Å²) in [6.07, 6.45) is 4.29. The molecule has 2 aromatic rings. The number of Topliss-reactive ketones (excluding diaryl/α,β-unsaturated/α-hetero) is 1. The molecule has 0 bridgehead atoms. The second kappa shape index (κ2) is 6.47. The Morgan fingerprint density at radius 2 is 2.10 bits per heavy atom. The van der Waals surface area contributed by atoms with Gasteiger partial charge in [0.15, 0.2) is 5.78 Å². The highest BCUT2D eigenvalue weighted by atomic mass is 16.5. The fraction of sp³-hybridized carbons (Fsp3) is 0.133. The van der Waals surface area contributed by atoms with E-state index in [2.05, 4.69) is 10.1 Å². The van der Waals surface area contributed by atoms with E-state index in [1.165, 1.54) is 12.4 Å². The molecule has 0 aliphatic heterocycles. The number of rotatable bonds is 5. The van der Waals surface area contributed by atoms with Crippen LogP contribution in [0.1, 0.15) is 21.8 Å². The van der Waals surface area contributed by atoms with Gasteiger partial charge in [0, 0.05) is 18.0 Å². The summed E-state index contributed by atoms with van der Waals surface area (Å²) in [4.78, 5) is 16.3. The molecule has 2 rings (SSSR count). The Hall–Kier alpha value is -2.69. The Bertz CT molecular complexity index is 594. The Balaban J connectivity index is 2.33. The lowest BCUT2D eigenvalue weighted by Gasteiger charge is -2.11. The zero-order chi connectivity index (χ0) is 14.4. The van der Waals surface area contributed by atoms with Gasteiger partial charge < -0.3 is 9.94 Å². The predicted octanol–water partition coefficient (Wildman–Crippen LogP) is 2.52. The fourth-order valence-corrected chi connectivity index (χ4v) is 1.87. The molecule has 0 fully saturated rings. The lowest BCUT2D eigenvalue weighted by atomic mass is 9.92. The van der Waals surface area contributed by atoms with E-state index in [9.17, 15) is 4.79 Å². The van der Waals surface area contributed by atoms with Crippen LogP contribution in [0.5, 0.6) is 5.75 Å². The van der Waals surface area contributed by atoms with Gasteiger partial charge in [-0.05, 0) is 29.8 Å². The van der Waals surface area contributed by atoms with Crippen molar-refractivity contribution in [1.29, 1.82) is 0 Å². The Morgan fingerprint density at radius 3 is 2.65 bits per heavy atom. The number of aromatic nitrogens is 1. The first-order chi connectivity index (χ1) is 9.76. The lowest BCUT2D eigenvalue weighted by molar-refractivity contribution is 0.0982. The number of carbonyl (C=O) groups is 1. The first-order valence-corrected chi connectivity index (χ1v) is 6.02. The summed E-state index contributed by atoms with van der Waals surface area (Å²) in [7, 11) is 1.57. The van der Waals surface area contributed by atoms with Crippen molar-refractivity contribution in [1.82, 2.24) is 4.98 Å². The molecule has 1 N–H and O–H groups in total. The van der Waals surface area contributed by atoms with Crippen LogP contribution >= 0.6 is 0 Å². The third-order valence-electron chi connectivity index (χ3n) is 2.92. The van der Waals surface area contributed by atoms with Crippen LogP contribution in [0.25, 0.3) is 0 Å². The highest BCUT2D eigenvalue weighted by molar-refractivity contribution is 6.10. The minimum absolute atomic E-state index is 0.180. The third kappa shape index (κ3) is 3.00. The molecular formula is C15H14N2O3. The van der Waals surface area contributed by atoms with Gasteiger partial charge in [-0.3, -0.25) is 9.78 Å². The normalized spacial score (nSPS) is 12.2. The van der Waals surface area contributed by atoms with Crippen LogP contribution in [-0.4, -0.2) is 29.3 Å². The van der Waals surface area contributed by atoms with E-state index in [0.717, 1.165) is 5.56 Å². The summed E-state index contributed by atoms with van der Waals surface area (Å²) < 4.78 is 5.08. The van der Waals surface area contributed by atoms with Gasteiger partial charge in [0.1, 0.15) is 5.75 Å². The molecule has 20 heavy (non-hydrogen) atoms. The number of hydrogen-bond acceptors (Lipinski definition) is 5. The number of methoxy groups -OCH3 is 1. The molecule has 1 unspecified atom stereocenters. The number of ether oxygens (including phenoxy) is 1. The maximum atomic E-state index is 12.4. The molecule has 0 saturated heterocycles. The highest BCUT2D eigenvalue weighted by Gasteiger charge is 2.20. The van der Waals surface area contributed by atoms with Gasteiger partial charge in [-0.2, -0.15) is 0 Å². The Kier molecular flexibility index (Phi) is 4.44. The highest BCUT2D eigenvalue weighted by Crippen LogP contribution is 2.22. The third-order valence-corrected chi connectivity index (χ3v) is 2.92. The molecule has 5 heteroatoms. The summed E-state index contributed by atoms with van der Waals surface area (Å²) in [5.74, 6) is -0.140. The van der Waals surface area contributed by atoms with Crippen molar-refractivity contribution in [2.24, 2.45) is 5.16 Å². The molecule has 1 aromatic carbocycles. The summed E-state index contributed by atoms with van der Waals surface area (Å²) in [6, 6.07) is 10.4. The van der Waals surface area contributed by atoms with E-state index < -0.39 is 5.92 Å². The van der Waals surface area contributed by atoms with E-state index in [-0.39, 0.29) is 5.78 Å². The van der Waals surface area contributed by atoms with Crippen LogP contribution in [0.2, 0.25) is 0 Å². The molecule has 0 saturated carbocycles. The summed E-state index contributed by atoms with van der Waals surface area (Å²) in [6.45, 7) is 0. The SMILES string of the molecule is COc1ccc(C(/C=N\O)C(=O)c2cccnc2)cc1. The number of hydrogen-bond donors (Lipinski definition) is 1. The van der Waals surface area contributed by atoms with Crippen LogP contribution in [-0.2, 0) is 0 Å². The molecule has 0 aliphatic rings. The second-order valence-corrected chi connectivity index (χ2v) is 4.12. The summed E-state index contributed by atoms with van der Waals surface area (Å²) >= 11 is 0. The van der Waals surface area contributed by atoms with Crippen molar-refractivity contribution in [2.75, 3.05) is 7.11 Å². The van der Waals surface area contributed by atoms with E-state index in [4.69, 9.17) is 9.94 Å². The van der Waals surface area contributed by atoms with E-state index >= 15 is 0 Å². The van der Waals surface area contributed by atoms with Crippen molar-refractivity contribution in [2.45, 2.75) is 5.92 Å². The Labute approximate surface area is 116 Å². The molecule has 102 valence electrons. The average molecular weight is 270 g/mol. The van der Waals surface area contributed by atoms with Gasteiger partial charge in [-0.25, -0.2) is 0 Å². The van der Waals surface area contributed by atoms with Crippen molar-refractivity contribution < 1.29 is 14.7 Å². The topological polar surface area (TPSA) is 71.8 Å². The minimum atomic E-state index is -0.657. The van der Waals surface area contributed by atoms with Crippen molar-refractivity contribution >= 4 is 12.0 Å². The predicted molar refractivity (Wildman–Crippen MR) is 74.6 cm³/mol. The lowest BCUT2D eigenvalue weighted by Crippen LogP contribution is -2.14. The number of nitrogens with zero attached hydrogens (tertiary/aromatic N) is 2. The van der Waals surface area contributed by atoms with Gasteiger partial charge in [-0.15, -0.1) is 5.16 Å². The zero-order valence-electron chi connectivity index (χ0n) is 10.9. The second-order valence-electron chi connectivity index (χ2n) is 4.12. The van der Waals surface area contributed by atoms with Gasteiger partial charge in [0.2, 0.25) is 0 Å². The number of ketones is 1. The first-order valence-electron chi connectivity index (χ1n) is 6.02. The number of carbonyl (C=O) groups excluding carboxylic acids is 1. The summed E-state index contributed by atoms with van der Waals surface area (Å²) in [5.41, 5.74) is 1.19. The van der Waals surface area contributed by atoms with Crippen LogP contribution in [0.3, 0.4) is 0 Å². The molecule has 1 atom stereocenters. The zero-order valence-corrected chi connectivity index (χ0v) is 10.9. The monoisotopic (exact) mass is 270 g/mol. The van der Waals surface area contributed by atoms with Crippen molar-refractivity contribution in [3.63, 3.8) is 0 Å². The van der Waals surface area contributed by atoms with Gasteiger partial charge in [0.25, 0.3) is 0 Å². The quantitative estimate of drug-likeness (QED) is 0.392. The van der Waals surface area contributed by atoms with E-state index in [0.29, 0.717) is 11.3 Å². The first kappa shape index (κ1) is 13.7. The minimum Gasteiger partial charge on any atom is -0.497 e. The molecule has 1 aromatic heterocycles. The molecule has 0 amide bonds. The molecule has 1 heterocycles. The van der Waals surface area contributed by atoms with Gasteiger partial charge in [-0.1, -0.05) is 12.1 Å². The molecule has 0 radical (unpaired) electrons. The fourth-order valence-electron chi connectivity index (χ4n) is 1.87. The maximum Gasteiger partial charge on any atom is 0.177 e. The maximum absolute atomic E-state index is 12.4. The van der Waals surface area contributed by atoms with Crippen LogP contribution in [0.4, 0.5) is 0 Å². The standard InChI is InChI=1S/C15H14N2O3/c1-20-13-6-4-11(5-7-13)14(10-17-19)15(18)12-3-2-8-16-9-12/h2-10,14,19H,1H3/b17-10-. The molecule has 0 aliphatic carbocycles. The van der Waals surface area contributed by atoms with Gasteiger partial charge >= 0.3 is 0 Å². The number of oxime groups is 1. The molecular weight excluding hydrogens is 256 g/mol. The molecule has 5 nitrogen and oxygen atoms in total. The molecule has 0 spiro atoms.